The summed E-state index contributed by atoms with van der Waals surface area (Å²) >= 11 is 0. The third-order valence-electron chi connectivity index (χ3n) is 1.35. The van der Waals surface area contributed by atoms with Gasteiger partial charge in [-0.05, 0) is 27.2 Å². The second kappa shape index (κ2) is 2.72. The molecule has 0 spiro atoms. The smallest absolute Gasteiger partial charge is 0.410 e. The Morgan fingerprint density at radius 3 is 2.36 bits per heavy atom. The number of ether oxygens (including phenoxy) is 1. The molecule has 11 heavy (non-hydrogen) atoms. The van der Waals surface area contributed by atoms with Crippen molar-refractivity contribution in [2.75, 3.05) is 6.54 Å². The minimum Gasteiger partial charge on any atom is -0.444 e. The van der Waals surface area contributed by atoms with Crippen LogP contribution in [0.15, 0.2) is 0 Å². The van der Waals surface area contributed by atoms with Crippen LogP contribution < -0.4 is 0 Å². The number of carbonyl (C=O) groups excluding carboxylic acids is 1. The fourth-order valence-corrected chi connectivity index (χ4v) is 0.745. The van der Waals surface area contributed by atoms with Gasteiger partial charge in [0.1, 0.15) is 5.60 Å². The minimum absolute atomic E-state index is 0.233. The van der Waals surface area contributed by atoms with Crippen LogP contribution >= 0.6 is 0 Å². The van der Waals surface area contributed by atoms with Crippen LogP contribution in [0.4, 0.5) is 4.79 Å². The molecule has 0 N–H and O–H groups in total. The summed E-state index contributed by atoms with van der Waals surface area (Å²) in [6.07, 6.45) is 0.753. The van der Waals surface area contributed by atoms with Gasteiger partial charge in [0, 0.05) is 6.54 Å². The molecule has 0 saturated carbocycles. The number of rotatable bonds is 0. The predicted octanol–water partition coefficient (Wildman–Crippen LogP) is 1.79. The molecular formula is C8H14NO2. The Balaban J connectivity index is 2.31. The van der Waals surface area contributed by atoms with Gasteiger partial charge in [-0.25, -0.2) is 4.79 Å². The molecule has 3 heteroatoms. The molecule has 0 aromatic rings. The molecule has 63 valence electrons. The van der Waals surface area contributed by atoms with Crippen molar-refractivity contribution in [1.82, 2.24) is 4.90 Å². The monoisotopic (exact) mass is 156 g/mol. The highest BCUT2D eigenvalue weighted by Gasteiger charge is 2.26. The number of likely N-dealkylation sites (tertiary alicyclic amines) is 1. The topological polar surface area (TPSA) is 29.5 Å². The molecule has 1 heterocycles. The van der Waals surface area contributed by atoms with Crippen molar-refractivity contribution in [3.8, 4) is 0 Å². The van der Waals surface area contributed by atoms with Crippen LogP contribution in [0.25, 0.3) is 0 Å². The average molecular weight is 156 g/mol. The maximum atomic E-state index is 11.1. The highest BCUT2D eigenvalue weighted by molar-refractivity contribution is 5.69. The molecule has 3 nitrogen and oxygen atoms in total. The van der Waals surface area contributed by atoms with Crippen molar-refractivity contribution >= 4 is 6.09 Å². The Bertz CT molecular complexity index is 156. The van der Waals surface area contributed by atoms with Crippen molar-refractivity contribution < 1.29 is 9.53 Å². The molecule has 0 bridgehead atoms. The lowest BCUT2D eigenvalue weighted by atomic mass is 10.2. The average Bonchev–Trinajstić information content (AvgIpc) is 1.50. The Labute approximate surface area is 67.3 Å². The molecule has 0 unspecified atom stereocenters. The lowest BCUT2D eigenvalue weighted by Gasteiger charge is -2.32. The molecule has 1 aliphatic heterocycles. The van der Waals surface area contributed by atoms with Gasteiger partial charge in [0.05, 0.1) is 6.54 Å². The van der Waals surface area contributed by atoms with Crippen LogP contribution in [-0.2, 0) is 4.74 Å². The van der Waals surface area contributed by atoms with Crippen LogP contribution in [0.1, 0.15) is 27.2 Å². The molecule has 0 aromatic heterocycles. The Morgan fingerprint density at radius 2 is 2.09 bits per heavy atom. The number of hydrogen-bond acceptors (Lipinski definition) is 2. The summed E-state index contributed by atoms with van der Waals surface area (Å²) in [5.41, 5.74) is -0.374. The summed E-state index contributed by atoms with van der Waals surface area (Å²) in [6, 6.07) is 0. The first-order chi connectivity index (χ1) is 4.99. The summed E-state index contributed by atoms with van der Waals surface area (Å²) in [4.78, 5) is 12.7. The molecule has 1 fully saturated rings. The normalized spacial score (nSPS) is 17.5. The van der Waals surface area contributed by atoms with Crippen molar-refractivity contribution in [2.45, 2.75) is 32.8 Å². The zero-order valence-corrected chi connectivity index (χ0v) is 7.26. The van der Waals surface area contributed by atoms with Gasteiger partial charge in [0.25, 0.3) is 0 Å². The van der Waals surface area contributed by atoms with Crippen LogP contribution in [0, 0.1) is 6.54 Å². The molecule has 1 amide bonds. The van der Waals surface area contributed by atoms with E-state index in [1.54, 1.807) is 4.90 Å². The van der Waals surface area contributed by atoms with E-state index in [0.717, 1.165) is 13.0 Å². The maximum absolute atomic E-state index is 11.1. The van der Waals surface area contributed by atoms with E-state index in [2.05, 4.69) is 0 Å². The van der Waals surface area contributed by atoms with E-state index in [0.29, 0.717) is 0 Å². The van der Waals surface area contributed by atoms with Gasteiger partial charge in [-0.1, -0.05) is 0 Å². The minimum atomic E-state index is -0.374. The number of hydrogen-bond donors (Lipinski definition) is 0. The zero-order valence-electron chi connectivity index (χ0n) is 7.26. The third-order valence-corrected chi connectivity index (χ3v) is 1.35. The number of amides is 1. The van der Waals surface area contributed by atoms with E-state index in [1.165, 1.54) is 0 Å². The lowest BCUT2D eigenvalue weighted by Crippen LogP contribution is -2.41. The summed E-state index contributed by atoms with van der Waals surface area (Å²) in [5.74, 6) is 0. The molecule has 0 atom stereocenters. The predicted molar refractivity (Wildman–Crippen MR) is 41.9 cm³/mol. The van der Waals surface area contributed by atoms with Crippen molar-refractivity contribution in [2.24, 2.45) is 0 Å². The summed E-state index contributed by atoms with van der Waals surface area (Å²) in [6.45, 7) is 8.24. The van der Waals surface area contributed by atoms with Gasteiger partial charge in [-0.15, -0.1) is 0 Å². The summed E-state index contributed by atoms with van der Waals surface area (Å²) < 4.78 is 5.10. The van der Waals surface area contributed by atoms with Gasteiger partial charge < -0.3 is 9.64 Å². The zero-order chi connectivity index (χ0) is 8.48. The van der Waals surface area contributed by atoms with Crippen molar-refractivity contribution in [3.05, 3.63) is 6.54 Å². The van der Waals surface area contributed by atoms with Gasteiger partial charge in [0.2, 0.25) is 0 Å². The lowest BCUT2D eigenvalue weighted by molar-refractivity contribution is 0.0221. The quantitative estimate of drug-likeness (QED) is 0.535. The fourth-order valence-electron chi connectivity index (χ4n) is 0.745. The van der Waals surface area contributed by atoms with E-state index in [4.69, 9.17) is 4.74 Å². The van der Waals surface area contributed by atoms with E-state index in [1.807, 2.05) is 27.3 Å². The molecule has 1 aliphatic rings. The van der Waals surface area contributed by atoms with E-state index >= 15 is 0 Å². The van der Waals surface area contributed by atoms with Crippen molar-refractivity contribution in [3.63, 3.8) is 0 Å². The first-order valence-corrected chi connectivity index (χ1v) is 3.82. The van der Waals surface area contributed by atoms with Gasteiger partial charge in [0.15, 0.2) is 0 Å². The molecule has 1 saturated heterocycles. The highest BCUT2D eigenvalue weighted by atomic mass is 16.6. The van der Waals surface area contributed by atoms with Crippen LogP contribution in [0.3, 0.4) is 0 Å². The third kappa shape index (κ3) is 2.41. The number of nitrogens with zero attached hydrogens (tertiary/aromatic N) is 1. The summed E-state index contributed by atoms with van der Waals surface area (Å²) in [7, 11) is 0. The second-order valence-corrected chi connectivity index (χ2v) is 3.64. The van der Waals surface area contributed by atoms with E-state index in [-0.39, 0.29) is 11.7 Å². The molecular weight excluding hydrogens is 142 g/mol. The van der Waals surface area contributed by atoms with Crippen LogP contribution in [0.5, 0.6) is 0 Å². The molecule has 0 aliphatic carbocycles. The maximum Gasteiger partial charge on any atom is 0.410 e. The molecule has 1 radical (unpaired) electrons. The second-order valence-electron chi connectivity index (χ2n) is 3.64. The highest BCUT2D eigenvalue weighted by Crippen LogP contribution is 2.16. The van der Waals surface area contributed by atoms with E-state index in [9.17, 15) is 4.79 Å². The summed E-state index contributed by atoms with van der Waals surface area (Å²) in [5, 5.41) is 0. The van der Waals surface area contributed by atoms with Crippen LogP contribution in [-0.4, -0.2) is 23.1 Å². The van der Waals surface area contributed by atoms with Crippen LogP contribution in [0.2, 0.25) is 0 Å². The fraction of sp³-hybridized carbons (Fsp3) is 0.750. The van der Waals surface area contributed by atoms with Crippen molar-refractivity contribution in [1.29, 1.82) is 0 Å². The SMILES string of the molecule is CC(C)(C)OC(=O)N1[CH]CC1. The largest absolute Gasteiger partial charge is 0.444 e. The van der Waals surface area contributed by atoms with Gasteiger partial charge in [-0.2, -0.15) is 0 Å². The van der Waals surface area contributed by atoms with Gasteiger partial charge in [-0.3, -0.25) is 0 Å². The number of carbonyl (C=O) groups is 1. The first kappa shape index (κ1) is 8.37. The molecule has 0 aromatic carbocycles. The first-order valence-electron chi connectivity index (χ1n) is 3.82. The molecule has 1 rings (SSSR count). The Morgan fingerprint density at radius 1 is 1.55 bits per heavy atom. The Kier molecular flexibility index (Phi) is 2.07. The van der Waals surface area contributed by atoms with Gasteiger partial charge >= 0.3 is 6.09 Å². The van der Waals surface area contributed by atoms with E-state index < -0.39 is 0 Å². The Hall–Kier alpha value is -0.730. The standard InChI is InChI=1S/C8H14NO2/c1-8(2,3)11-7(10)9-5-4-6-9/h5H,4,6H2,1-3H3.